The monoisotopic (exact) mass is 412 g/mol. The van der Waals surface area contributed by atoms with Gasteiger partial charge in [0.15, 0.2) is 0 Å². The van der Waals surface area contributed by atoms with E-state index < -0.39 is 0 Å². The Labute approximate surface area is 185 Å². The number of ether oxygens (including phenoxy) is 1. The molecule has 0 saturated heterocycles. The fourth-order valence-corrected chi connectivity index (χ4v) is 5.65. The summed E-state index contributed by atoms with van der Waals surface area (Å²) >= 11 is 0. The second-order valence-corrected chi connectivity index (χ2v) is 10.1. The molecule has 0 amide bonds. The normalized spacial score (nSPS) is 27.0. The third kappa shape index (κ3) is 7.13. The van der Waals surface area contributed by atoms with Crippen molar-refractivity contribution < 1.29 is 9.53 Å². The first-order chi connectivity index (χ1) is 14.7. The average Bonchev–Trinajstić information content (AvgIpc) is 2.79. The van der Waals surface area contributed by atoms with Crippen molar-refractivity contribution in [1.82, 2.24) is 0 Å². The lowest BCUT2D eigenvalue weighted by atomic mass is 9.77. The molecule has 0 N–H and O–H groups in total. The maximum atomic E-state index is 12.6. The van der Waals surface area contributed by atoms with Gasteiger partial charge in [-0.2, -0.15) is 0 Å². The van der Waals surface area contributed by atoms with E-state index in [4.69, 9.17) is 4.74 Å². The lowest BCUT2D eigenvalue weighted by Gasteiger charge is -2.29. The van der Waals surface area contributed by atoms with Gasteiger partial charge in [-0.15, -0.1) is 0 Å². The van der Waals surface area contributed by atoms with E-state index in [1.165, 1.54) is 89.0 Å². The molecule has 2 heteroatoms. The maximum absolute atomic E-state index is 12.6. The smallest absolute Gasteiger partial charge is 0.314 e. The van der Waals surface area contributed by atoms with Crippen LogP contribution in [0.4, 0.5) is 0 Å². The number of benzene rings is 1. The summed E-state index contributed by atoms with van der Waals surface area (Å²) in [5.41, 5.74) is 1.43. The summed E-state index contributed by atoms with van der Waals surface area (Å²) in [4.78, 5) is 12.6. The van der Waals surface area contributed by atoms with Crippen molar-refractivity contribution in [2.45, 2.75) is 116 Å². The summed E-state index contributed by atoms with van der Waals surface area (Å²) in [6.07, 6.45) is 19.3. The summed E-state index contributed by atoms with van der Waals surface area (Å²) in [5, 5.41) is 0. The van der Waals surface area contributed by atoms with E-state index in [-0.39, 0.29) is 11.9 Å². The van der Waals surface area contributed by atoms with Gasteiger partial charge in [-0.05, 0) is 86.8 Å². The Morgan fingerprint density at radius 1 is 0.767 bits per heavy atom. The number of esters is 1. The van der Waals surface area contributed by atoms with E-state index in [1.807, 2.05) is 12.1 Å². The number of rotatable bonds is 10. The molecule has 1 aromatic carbocycles. The Morgan fingerprint density at radius 2 is 1.33 bits per heavy atom. The van der Waals surface area contributed by atoms with Crippen LogP contribution in [-0.4, -0.2) is 5.97 Å². The zero-order valence-corrected chi connectivity index (χ0v) is 19.5. The second kappa shape index (κ2) is 12.5. The molecule has 168 valence electrons. The molecule has 0 atom stereocenters. The Hall–Kier alpha value is -1.31. The average molecular weight is 413 g/mol. The minimum atomic E-state index is -0.00816. The van der Waals surface area contributed by atoms with Gasteiger partial charge in [0, 0.05) is 0 Å². The van der Waals surface area contributed by atoms with Crippen LogP contribution >= 0.6 is 0 Å². The third-order valence-electron chi connectivity index (χ3n) is 7.78. The van der Waals surface area contributed by atoms with Crippen molar-refractivity contribution in [2.24, 2.45) is 17.8 Å². The summed E-state index contributed by atoms with van der Waals surface area (Å²) in [7, 11) is 0. The lowest BCUT2D eigenvalue weighted by molar-refractivity contribution is -0.140. The highest BCUT2D eigenvalue weighted by Crippen LogP contribution is 2.38. The first kappa shape index (κ1) is 23.4. The van der Waals surface area contributed by atoms with E-state index in [0.717, 1.165) is 30.4 Å². The first-order valence-corrected chi connectivity index (χ1v) is 13.0. The van der Waals surface area contributed by atoms with E-state index in [1.54, 1.807) is 0 Å². The molecule has 2 aliphatic carbocycles. The standard InChI is InChI=1S/C28H44O2/c1-3-5-7-9-23-12-16-26(17-13-23)28(29)30-27-20-18-25(19-21-27)24-14-10-22(11-15-24)8-6-4-2/h18-24,26H,3-17H2,1-2H3. The third-order valence-corrected chi connectivity index (χ3v) is 7.78. The zero-order chi connectivity index (χ0) is 21.2. The van der Waals surface area contributed by atoms with Crippen LogP contribution in [0.25, 0.3) is 0 Å². The topological polar surface area (TPSA) is 26.3 Å². The quantitative estimate of drug-likeness (QED) is 0.219. The van der Waals surface area contributed by atoms with E-state index >= 15 is 0 Å². The highest BCUT2D eigenvalue weighted by atomic mass is 16.5. The van der Waals surface area contributed by atoms with Crippen molar-refractivity contribution in [3.63, 3.8) is 0 Å². The summed E-state index contributed by atoms with van der Waals surface area (Å²) in [6, 6.07) is 8.44. The van der Waals surface area contributed by atoms with Gasteiger partial charge in [-0.3, -0.25) is 4.79 Å². The maximum Gasteiger partial charge on any atom is 0.314 e. The van der Waals surface area contributed by atoms with Crippen LogP contribution in [0.15, 0.2) is 24.3 Å². The predicted octanol–water partition coefficient (Wildman–Crippen LogP) is 8.44. The second-order valence-electron chi connectivity index (χ2n) is 10.1. The molecule has 0 heterocycles. The predicted molar refractivity (Wildman–Crippen MR) is 126 cm³/mol. The summed E-state index contributed by atoms with van der Waals surface area (Å²) in [6.45, 7) is 4.55. The Morgan fingerprint density at radius 3 is 1.93 bits per heavy atom. The van der Waals surface area contributed by atoms with Gasteiger partial charge >= 0.3 is 5.97 Å². The van der Waals surface area contributed by atoms with Gasteiger partial charge in [0.2, 0.25) is 0 Å². The van der Waals surface area contributed by atoms with Gasteiger partial charge < -0.3 is 4.74 Å². The number of unbranched alkanes of at least 4 members (excludes halogenated alkanes) is 3. The Kier molecular flexibility index (Phi) is 9.75. The lowest BCUT2D eigenvalue weighted by Crippen LogP contribution is -2.25. The van der Waals surface area contributed by atoms with Gasteiger partial charge in [-0.1, -0.05) is 70.9 Å². The van der Waals surface area contributed by atoms with Gasteiger partial charge in [0.05, 0.1) is 5.92 Å². The number of hydrogen-bond donors (Lipinski definition) is 0. The molecule has 0 unspecified atom stereocenters. The van der Waals surface area contributed by atoms with Gasteiger partial charge in [0.1, 0.15) is 5.75 Å². The molecule has 0 aromatic heterocycles. The van der Waals surface area contributed by atoms with Crippen LogP contribution < -0.4 is 4.74 Å². The molecular weight excluding hydrogens is 368 g/mol. The number of hydrogen-bond acceptors (Lipinski definition) is 2. The van der Waals surface area contributed by atoms with Gasteiger partial charge in [0.25, 0.3) is 0 Å². The van der Waals surface area contributed by atoms with Crippen molar-refractivity contribution in [3.05, 3.63) is 29.8 Å². The summed E-state index contributed by atoms with van der Waals surface area (Å²) in [5.74, 6) is 3.29. The van der Waals surface area contributed by atoms with Crippen molar-refractivity contribution in [3.8, 4) is 5.75 Å². The SMILES string of the molecule is CCCCCC1CCC(C(=O)Oc2ccc(C3CCC(CCCC)CC3)cc2)CC1. The highest BCUT2D eigenvalue weighted by molar-refractivity contribution is 5.75. The van der Waals surface area contributed by atoms with Crippen LogP contribution in [-0.2, 0) is 4.79 Å². The van der Waals surface area contributed by atoms with Crippen LogP contribution in [0.1, 0.15) is 122 Å². The van der Waals surface area contributed by atoms with Crippen LogP contribution in [0.3, 0.4) is 0 Å². The van der Waals surface area contributed by atoms with Crippen molar-refractivity contribution in [1.29, 1.82) is 0 Å². The van der Waals surface area contributed by atoms with E-state index in [0.29, 0.717) is 5.92 Å². The molecule has 2 nitrogen and oxygen atoms in total. The van der Waals surface area contributed by atoms with E-state index in [9.17, 15) is 4.79 Å². The van der Waals surface area contributed by atoms with Crippen LogP contribution in [0, 0.1) is 17.8 Å². The largest absolute Gasteiger partial charge is 0.426 e. The van der Waals surface area contributed by atoms with Crippen LogP contribution in [0.5, 0.6) is 5.75 Å². The first-order valence-electron chi connectivity index (χ1n) is 13.0. The Balaban J connectivity index is 1.40. The minimum Gasteiger partial charge on any atom is -0.426 e. The molecule has 2 aliphatic rings. The minimum absolute atomic E-state index is 0.00816. The highest BCUT2D eigenvalue weighted by Gasteiger charge is 2.28. The molecule has 0 radical (unpaired) electrons. The molecule has 0 spiro atoms. The molecule has 0 aliphatic heterocycles. The molecule has 0 bridgehead atoms. The Bertz CT molecular complexity index is 604. The molecule has 1 aromatic rings. The molecular formula is C28H44O2. The van der Waals surface area contributed by atoms with Crippen molar-refractivity contribution >= 4 is 5.97 Å². The van der Waals surface area contributed by atoms with Crippen LogP contribution in [0.2, 0.25) is 0 Å². The van der Waals surface area contributed by atoms with E-state index in [2.05, 4.69) is 26.0 Å². The fraction of sp³-hybridized carbons (Fsp3) is 0.750. The summed E-state index contributed by atoms with van der Waals surface area (Å²) < 4.78 is 5.75. The van der Waals surface area contributed by atoms with Crippen molar-refractivity contribution in [2.75, 3.05) is 0 Å². The number of carbonyl (C=O) groups is 1. The number of carbonyl (C=O) groups excluding carboxylic acids is 1. The zero-order valence-electron chi connectivity index (χ0n) is 19.5. The fourth-order valence-electron chi connectivity index (χ4n) is 5.65. The van der Waals surface area contributed by atoms with Gasteiger partial charge in [-0.25, -0.2) is 0 Å². The molecule has 2 fully saturated rings. The molecule has 3 rings (SSSR count). The molecule has 2 saturated carbocycles. The molecule has 30 heavy (non-hydrogen) atoms.